The number of esters is 1. The SMILES string of the molecule is CCOC(=O)c1[nH]c(NC(C)=O)c(C#N)c1C. The van der Waals surface area contributed by atoms with Crippen LogP contribution in [0.25, 0.3) is 0 Å². The zero-order valence-corrected chi connectivity index (χ0v) is 9.88. The van der Waals surface area contributed by atoms with Gasteiger partial charge in [-0.25, -0.2) is 4.79 Å². The van der Waals surface area contributed by atoms with Crippen molar-refractivity contribution in [3.63, 3.8) is 0 Å². The molecule has 1 rings (SSSR count). The maximum atomic E-state index is 11.6. The highest BCUT2D eigenvalue weighted by molar-refractivity contribution is 5.95. The molecule has 0 atom stereocenters. The Hall–Kier alpha value is -2.29. The van der Waals surface area contributed by atoms with Gasteiger partial charge in [0.15, 0.2) is 0 Å². The van der Waals surface area contributed by atoms with Crippen molar-refractivity contribution in [3.8, 4) is 6.07 Å². The summed E-state index contributed by atoms with van der Waals surface area (Å²) in [4.78, 5) is 25.2. The van der Waals surface area contributed by atoms with Crippen LogP contribution in [0.15, 0.2) is 0 Å². The Kier molecular flexibility index (Phi) is 3.88. The molecule has 0 bridgehead atoms. The number of rotatable bonds is 3. The van der Waals surface area contributed by atoms with Gasteiger partial charge in [-0.2, -0.15) is 5.26 Å². The predicted octanol–water partition coefficient (Wildman–Crippen LogP) is 1.33. The lowest BCUT2D eigenvalue weighted by atomic mass is 10.2. The molecule has 0 radical (unpaired) electrons. The third-order valence-corrected chi connectivity index (χ3v) is 2.14. The number of aromatic nitrogens is 1. The van der Waals surface area contributed by atoms with E-state index >= 15 is 0 Å². The largest absolute Gasteiger partial charge is 0.461 e. The average molecular weight is 235 g/mol. The van der Waals surface area contributed by atoms with Crippen molar-refractivity contribution >= 4 is 17.7 Å². The normalized spacial score (nSPS) is 9.53. The fraction of sp³-hybridized carbons (Fsp3) is 0.364. The van der Waals surface area contributed by atoms with Crippen LogP contribution in [0, 0.1) is 18.3 Å². The van der Waals surface area contributed by atoms with Gasteiger partial charge in [0.25, 0.3) is 0 Å². The van der Waals surface area contributed by atoms with E-state index in [-0.39, 0.29) is 29.6 Å². The number of nitrogens with zero attached hydrogens (tertiary/aromatic N) is 1. The molecule has 0 aliphatic carbocycles. The van der Waals surface area contributed by atoms with Crippen molar-refractivity contribution in [1.82, 2.24) is 4.98 Å². The van der Waals surface area contributed by atoms with Gasteiger partial charge in [-0.15, -0.1) is 0 Å². The van der Waals surface area contributed by atoms with Crippen LogP contribution in [-0.4, -0.2) is 23.5 Å². The van der Waals surface area contributed by atoms with E-state index in [2.05, 4.69) is 10.3 Å². The smallest absolute Gasteiger partial charge is 0.355 e. The standard InChI is InChI=1S/C11H13N3O3/c1-4-17-11(16)9-6(2)8(5-12)10(14-9)13-7(3)15/h14H,4H2,1-3H3,(H,13,15). The molecule has 90 valence electrons. The van der Waals surface area contributed by atoms with Gasteiger partial charge in [-0.3, -0.25) is 4.79 Å². The second kappa shape index (κ2) is 5.16. The first kappa shape index (κ1) is 12.8. The van der Waals surface area contributed by atoms with Crippen LogP contribution in [0.1, 0.15) is 35.5 Å². The quantitative estimate of drug-likeness (QED) is 0.772. The number of aromatic amines is 1. The lowest BCUT2D eigenvalue weighted by Gasteiger charge is -1.99. The van der Waals surface area contributed by atoms with Crippen LogP contribution in [0.3, 0.4) is 0 Å². The topological polar surface area (TPSA) is 95.0 Å². The van der Waals surface area contributed by atoms with Crippen molar-refractivity contribution < 1.29 is 14.3 Å². The number of carbonyl (C=O) groups is 2. The molecular weight excluding hydrogens is 222 g/mol. The molecule has 1 aromatic rings. The molecule has 0 aromatic carbocycles. The Balaban J connectivity index is 3.18. The number of nitrogens with one attached hydrogen (secondary N) is 2. The van der Waals surface area contributed by atoms with Gasteiger partial charge in [-0.1, -0.05) is 0 Å². The predicted molar refractivity (Wildman–Crippen MR) is 60.5 cm³/mol. The summed E-state index contributed by atoms with van der Waals surface area (Å²) in [5.74, 6) is -0.642. The molecule has 17 heavy (non-hydrogen) atoms. The zero-order valence-electron chi connectivity index (χ0n) is 9.88. The van der Waals surface area contributed by atoms with E-state index in [1.807, 2.05) is 6.07 Å². The van der Waals surface area contributed by atoms with E-state index in [0.717, 1.165) is 0 Å². The van der Waals surface area contributed by atoms with E-state index in [4.69, 9.17) is 10.00 Å². The Bertz CT molecular complexity index is 497. The Morgan fingerprint density at radius 1 is 1.53 bits per heavy atom. The minimum absolute atomic E-state index is 0.187. The molecule has 1 heterocycles. The third kappa shape index (κ3) is 2.64. The van der Waals surface area contributed by atoms with E-state index in [1.54, 1.807) is 13.8 Å². The molecule has 0 saturated carbocycles. The van der Waals surface area contributed by atoms with Crippen molar-refractivity contribution in [2.45, 2.75) is 20.8 Å². The lowest BCUT2D eigenvalue weighted by Crippen LogP contribution is -2.08. The average Bonchev–Trinajstić information content (AvgIpc) is 2.54. The molecule has 1 amide bonds. The van der Waals surface area contributed by atoms with Gasteiger partial charge in [0.05, 0.1) is 12.2 Å². The molecule has 1 aromatic heterocycles. The number of ether oxygens (including phenoxy) is 1. The monoisotopic (exact) mass is 235 g/mol. The van der Waals surface area contributed by atoms with Crippen LogP contribution in [0.5, 0.6) is 0 Å². The summed E-state index contributed by atoms with van der Waals surface area (Å²) < 4.78 is 4.83. The highest BCUT2D eigenvalue weighted by Gasteiger charge is 2.20. The summed E-state index contributed by atoms with van der Waals surface area (Å²) in [5, 5.41) is 11.4. The summed E-state index contributed by atoms with van der Waals surface area (Å²) in [6.45, 7) is 4.87. The Morgan fingerprint density at radius 2 is 2.18 bits per heavy atom. The van der Waals surface area contributed by atoms with Crippen molar-refractivity contribution in [1.29, 1.82) is 5.26 Å². The Morgan fingerprint density at radius 3 is 2.65 bits per heavy atom. The summed E-state index contributed by atoms with van der Waals surface area (Å²) in [6, 6.07) is 1.93. The summed E-state index contributed by atoms with van der Waals surface area (Å²) in [7, 11) is 0. The van der Waals surface area contributed by atoms with E-state index in [9.17, 15) is 9.59 Å². The number of anilines is 1. The number of carbonyl (C=O) groups excluding carboxylic acids is 2. The summed E-state index contributed by atoms with van der Waals surface area (Å²) >= 11 is 0. The highest BCUT2D eigenvalue weighted by atomic mass is 16.5. The summed E-state index contributed by atoms with van der Waals surface area (Å²) in [6.07, 6.45) is 0. The van der Waals surface area contributed by atoms with Gasteiger partial charge < -0.3 is 15.0 Å². The van der Waals surface area contributed by atoms with E-state index in [1.165, 1.54) is 6.92 Å². The maximum absolute atomic E-state index is 11.6. The molecular formula is C11H13N3O3. The van der Waals surface area contributed by atoms with Gasteiger partial charge in [0.1, 0.15) is 17.6 Å². The number of hydrogen-bond acceptors (Lipinski definition) is 4. The zero-order chi connectivity index (χ0) is 13.0. The van der Waals surface area contributed by atoms with Gasteiger partial charge in [-0.05, 0) is 13.8 Å². The van der Waals surface area contributed by atoms with Crippen LogP contribution in [0.4, 0.5) is 5.82 Å². The third-order valence-electron chi connectivity index (χ3n) is 2.14. The van der Waals surface area contributed by atoms with Crippen molar-refractivity contribution in [3.05, 3.63) is 16.8 Å². The van der Waals surface area contributed by atoms with Gasteiger partial charge >= 0.3 is 5.97 Å². The van der Waals surface area contributed by atoms with Crippen molar-refractivity contribution in [2.24, 2.45) is 0 Å². The molecule has 0 fully saturated rings. The number of hydrogen-bond donors (Lipinski definition) is 2. The molecule has 0 spiro atoms. The van der Waals surface area contributed by atoms with Crippen LogP contribution < -0.4 is 5.32 Å². The molecule has 0 aliphatic rings. The first-order chi connectivity index (χ1) is 8.01. The van der Waals surface area contributed by atoms with Gasteiger partial charge in [0, 0.05) is 12.5 Å². The molecule has 0 unspecified atom stereocenters. The minimum Gasteiger partial charge on any atom is -0.461 e. The minimum atomic E-state index is -0.543. The second-order valence-corrected chi connectivity index (χ2v) is 3.39. The van der Waals surface area contributed by atoms with Crippen LogP contribution in [-0.2, 0) is 9.53 Å². The first-order valence-electron chi connectivity index (χ1n) is 5.08. The van der Waals surface area contributed by atoms with Crippen LogP contribution >= 0.6 is 0 Å². The van der Waals surface area contributed by atoms with Gasteiger partial charge in [0.2, 0.25) is 5.91 Å². The molecule has 6 heteroatoms. The van der Waals surface area contributed by atoms with E-state index < -0.39 is 5.97 Å². The molecule has 6 nitrogen and oxygen atoms in total. The fourth-order valence-corrected chi connectivity index (χ4v) is 1.41. The molecule has 2 N–H and O–H groups in total. The van der Waals surface area contributed by atoms with Crippen LogP contribution in [0.2, 0.25) is 0 Å². The number of nitriles is 1. The fourth-order valence-electron chi connectivity index (χ4n) is 1.41. The van der Waals surface area contributed by atoms with E-state index in [0.29, 0.717) is 5.56 Å². The number of amides is 1. The Labute approximate surface area is 98.6 Å². The molecule has 0 aliphatic heterocycles. The highest BCUT2D eigenvalue weighted by Crippen LogP contribution is 2.22. The lowest BCUT2D eigenvalue weighted by molar-refractivity contribution is -0.114. The molecule has 0 saturated heterocycles. The maximum Gasteiger partial charge on any atom is 0.355 e. The van der Waals surface area contributed by atoms with Crippen molar-refractivity contribution in [2.75, 3.05) is 11.9 Å². The first-order valence-corrected chi connectivity index (χ1v) is 5.08. The number of H-pyrrole nitrogens is 1. The summed E-state index contributed by atoms with van der Waals surface area (Å²) in [5.41, 5.74) is 0.894. The second-order valence-electron chi connectivity index (χ2n) is 3.39.